The van der Waals surface area contributed by atoms with E-state index in [-0.39, 0.29) is 6.04 Å². The van der Waals surface area contributed by atoms with Crippen molar-refractivity contribution in [2.24, 2.45) is 5.10 Å². The average molecular weight is 303 g/mol. The van der Waals surface area contributed by atoms with Gasteiger partial charge in [-0.25, -0.2) is 4.68 Å². The molecular formula is C13H17N7S. The molecule has 0 saturated carbocycles. The Morgan fingerprint density at radius 1 is 1.38 bits per heavy atom. The molecule has 0 aliphatic rings. The van der Waals surface area contributed by atoms with E-state index in [0.717, 1.165) is 17.0 Å². The number of tetrazole rings is 1. The van der Waals surface area contributed by atoms with Crippen LogP contribution in [0, 0.1) is 0 Å². The van der Waals surface area contributed by atoms with E-state index in [4.69, 9.17) is 12.2 Å². The van der Waals surface area contributed by atoms with Crippen LogP contribution in [0.1, 0.15) is 26.3 Å². The highest BCUT2D eigenvalue weighted by Crippen LogP contribution is 2.09. The molecule has 0 bridgehead atoms. The molecule has 2 rings (SSSR count). The lowest BCUT2D eigenvalue weighted by molar-refractivity contribution is 0.719. The fourth-order valence-corrected chi connectivity index (χ4v) is 1.93. The second-order valence-electron chi connectivity index (χ2n) is 4.74. The molecule has 0 saturated heterocycles. The zero-order valence-electron chi connectivity index (χ0n) is 12.1. The predicted molar refractivity (Wildman–Crippen MR) is 85.4 cm³/mol. The SMILES string of the molecule is C/C(=N/NC(=S)NC(C)C)c1cccc(-n2cnnn2)c1. The number of thiocarbonyl (C=S) groups is 1. The van der Waals surface area contributed by atoms with Crippen LogP contribution in [0.3, 0.4) is 0 Å². The lowest BCUT2D eigenvalue weighted by Gasteiger charge is -2.10. The second kappa shape index (κ2) is 6.89. The van der Waals surface area contributed by atoms with Gasteiger partial charge >= 0.3 is 0 Å². The van der Waals surface area contributed by atoms with Gasteiger partial charge in [-0.1, -0.05) is 12.1 Å². The summed E-state index contributed by atoms with van der Waals surface area (Å²) in [6.07, 6.45) is 1.55. The predicted octanol–water partition coefficient (Wildman–Crippen LogP) is 1.26. The number of hydrogen-bond donors (Lipinski definition) is 2. The standard InChI is InChI=1S/C13H17N7S/c1-9(2)15-13(21)17-16-10(3)11-5-4-6-12(7-11)20-8-14-18-19-20/h4-9H,1-3H3,(H2,15,17,21)/b16-10-. The molecule has 2 aromatic rings. The molecule has 7 nitrogen and oxygen atoms in total. The zero-order valence-corrected chi connectivity index (χ0v) is 12.9. The third kappa shape index (κ3) is 4.32. The van der Waals surface area contributed by atoms with Gasteiger partial charge in [-0.2, -0.15) is 5.10 Å². The number of nitrogens with one attached hydrogen (secondary N) is 2. The Hall–Kier alpha value is -2.35. The van der Waals surface area contributed by atoms with Gasteiger partial charge in [-0.3, -0.25) is 5.43 Å². The summed E-state index contributed by atoms with van der Waals surface area (Å²) < 4.78 is 1.59. The van der Waals surface area contributed by atoms with Crippen molar-refractivity contribution in [1.29, 1.82) is 0 Å². The molecule has 0 unspecified atom stereocenters. The number of nitrogens with zero attached hydrogens (tertiary/aromatic N) is 5. The summed E-state index contributed by atoms with van der Waals surface area (Å²) in [5, 5.41) is 19.0. The van der Waals surface area contributed by atoms with Crippen molar-refractivity contribution >= 4 is 23.0 Å². The van der Waals surface area contributed by atoms with Crippen LogP contribution in [-0.2, 0) is 0 Å². The van der Waals surface area contributed by atoms with Crippen molar-refractivity contribution in [3.63, 3.8) is 0 Å². The molecule has 110 valence electrons. The summed E-state index contributed by atoms with van der Waals surface area (Å²) in [4.78, 5) is 0. The lowest BCUT2D eigenvalue weighted by Crippen LogP contribution is -2.37. The minimum Gasteiger partial charge on any atom is -0.359 e. The van der Waals surface area contributed by atoms with E-state index in [1.54, 1.807) is 11.0 Å². The molecule has 0 amide bonds. The highest BCUT2D eigenvalue weighted by molar-refractivity contribution is 7.80. The number of aromatic nitrogens is 4. The molecule has 0 atom stereocenters. The summed E-state index contributed by atoms with van der Waals surface area (Å²) in [5.74, 6) is 0. The first-order valence-electron chi connectivity index (χ1n) is 6.51. The van der Waals surface area contributed by atoms with E-state index < -0.39 is 0 Å². The Bertz CT molecular complexity index is 634. The first kappa shape index (κ1) is 15.0. The Labute approximate surface area is 128 Å². The third-order valence-corrected chi connectivity index (χ3v) is 2.83. The summed E-state index contributed by atoms with van der Waals surface area (Å²) in [6, 6.07) is 8.04. The maximum absolute atomic E-state index is 5.13. The molecule has 2 N–H and O–H groups in total. The van der Waals surface area contributed by atoms with Crippen molar-refractivity contribution < 1.29 is 0 Å². The number of hydrogen-bond acceptors (Lipinski definition) is 5. The summed E-state index contributed by atoms with van der Waals surface area (Å²) in [5.41, 5.74) is 5.48. The Balaban J connectivity index is 2.10. The molecule has 0 aliphatic carbocycles. The van der Waals surface area contributed by atoms with Crippen LogP contribution in [0.5, 0.6) is 0 Å². The monoisotopic (exact) mass is 303 g/mol. The van der Waals surface area contributed by atoms with Crippen LogP contribution in [0.15, 0.2) is 35.7 Å². The lowest BCUT2D eigenvalue weighted by atomic mass is 10.1. The molecule has 8 heteroatoms. The van der Waals surface area contributed by atoms with Crippen LogP contribution >= 0.6 is 12.2 Å². The van der Waals surface area contributed by atoms with Crippen molar-refractivity contribution in [2.75, 3.05) is 0 Å². The van der Waals surface area contributed by atoms with Crippen molar-refractivity contribution in [1.82, 2.24) is 30.9 Å². The maximum atomic E-state index is 5.13. The summed E-state index contributed by atoms with van der Waals surface area (Å²) in [6.45, 7) is 5.93. The minimum absolute atomic E-state index is 0.267. The van der Waals surface area contributed by atoms with E-state index in [9.17, 15) is 0 Å². The maximum Gasteiger partial charge on any atom is 0.187 e. The second-order valence-corrected chi connectivity index (χ2v) is 5.15. The van der Waals surface area contributed by atoms with E-state index in [2.05, 4.69) is 31.4 Å². The molecule has 0 fully saturated rings. The van der Waals surface area contributed by atoms with Crippen LogP contribution < -0.4 is 10.7 Å². The van der Waals surface area contributed by atoms with Crippen LogP contribution in [0.25, 0.3) is 5.69 Å². The Morgan fingerprint density at radius 2 is 2.19 bits per heavy atom. The van der Waals surface area contributed by atoms with Gasteiger partial charge in [0.2, 0.25) is 0 Å². The van der Waals surface area contributed by atoms with E-state index in [1.165, 1.54) is 0 Å². The van der Waals surface area contributed by atoms with E-state index >= 15 is 0 Å². The molecule has 21 heavy (non-hydrogen) atoms. The van der Waals surface area contributed by atoms with Crippen LogP contribution in [-0.4, -0.2) is 37.1 Å². The van der Waals surface area contributed by atoms with E-state index in [0.29, 0.717) is 5.11 Å². The van der Waals surface area contributed by atoms with Crippen molar-refractivity contribution in [2.45, 2.75) is 26.8 Å². The van der Waals surface area contributed by atoms with Crippen LogP contribution in [0.2, 0.25) is 0 Å². The molecular weight excluding hydrogens is 286 g/mol. The van der Waals surface area contributed by atoms with Gasteiger partial charge in [0.1, 0.15) is 6.33 Å². The van der Waals surface area contributed by atoms with Gasteiger partial charge in [0.05, 0.1) is 11.4 Å². The largest absolute Gasteiger partial charge is 0.359 e. The Morgan fingerprint density at radius 3 is 2.86 bits per heavy atom. The quantitative estimate of drug-likeness (QED) is 0.503. The van der Waals surface area contributed by atoms with Gasteiger partial charge in [0, 0.05) is 6.04 Å². The fourth-order valence-electron chi connectivity index (χ4n) is 1.65. The molecule has 1 heterocycles. The summed E-state index contributed by atoms with van der Waals surface area (Å²) >= 11 is 5.13. The highest BCUT2D eigenvalue weighted by Gasteiger charge is 2.03. The normalized spacial score (nSPS) is 11.5. The minimum atomic E-state index is 0.267. The van der Waals surface area contributed by atoms with Crippen molar-refractivity contribution in [3.05, 3.63) is 36.2 Å². The smallest absolute Gasteiger partial charge is 0.187 e. The van der Waals surface area contributed by atoms with Gasteiger partial charge < -0.3 is 5.32 Å². The first-order chi connectivity index (χ1) is 10.1. The van der Waals surface area contributed by atoms with Crippen LogP contribution in [0.4, 0.5) is 0 Å². The number of rotatable bonds is 4. The first-order valence-corrected chi connectivity index (χ1v) is 6.91. The summed E-state index contributed by atoms with van der Waals surface area (Å²) in [7, 11) is 0. The van der Waals surface area contributed by atoms with Gasteiger partial charge in [-0.05, 0) is 61.1 Å². The topological polar surface area (TPSA) is 80.0 Å². The molecule has 1 aromatic heterocycles. The van der Waals surface area contributed by atoms with Gasteiger partial charge in [0.25, 0.3) is 0 Å². The fraction of sp³-hybridized carbons (Fsp3) is 0.308. The van der Waals surface area contributed by atoms with Gasteiger partial charge in [0.15, 0.2) is 5.11 Å². The van der Waals surface area contributed by atoms with E-state index in [1.807, 2.05) is 45.0 Å². The molecule has 0 radical (unpaired) electrons. The Kier molecular flexibility index (Phi) is 4.94. The number of benzene rings is 1. The zero-order chi connectivity index (χ0) is 15.2. The molecule has 1 aromatic carbocycles. The van der Waals surface area contributed by atoms with Crippen molar-refractivity contribution in [3.8, 4) is 5.69 Å². The highest BCUT2D eigenvalue weighted by atomic mass is 32.1. The molecule has 0 spiro atoms. The number of hydrazone groups is 1. The molecule has 0 aliphatic heterocycles. The average Bonchev–Trinajstić information content (AvgIpc) is 2.98. The third-order valence-electron chi connectivity index (χ3n) is 2.62. The van der Waals surface area contributed by atoms with Gasteiger partial charge in [-0.15, -0.1) is 5.10 Å².